The van der Waals surface area contributed by atoms with Gasteiger partial charge in [0, 0.05) is 61.7 Å². The number of nitrogens with zero attached hydrogens (tertiary/aromatic N) is 10. The number of hydrogen-bond acceptors (Lipinski definition) is 25. The van der Waals surface area contributed by atoms with Crippen LogP contribution in [0.15, 0.2) is 127 Å². The first-order valence-electron chi connectivity index (χ1n) is 38.3. The number of aliphatic imine (C=N–C) groups is 4. The van der Waals surface area contributed by atoms with E-state index in [0.29, 0.717) is 232 Å². The first-order valence-corrected chi connectivity index (χ1v) is 54.3. The highest BCUT2D eigenvalue weighted by molar-refractivity contribution is 7.86. The van der Waals surface area contributed by atoms with Gasteiger partial charge < -0.3 is 50.0 Å². The number of unbranched alkanes of at least 4 members (excludes halogenated alkanes) is 5. The van der Waals surface area contributed by atoms with E-state index in [0.717, 1.165) is 6.29 Å². The number of benzene rings is 4. The average Bonchev–Trinajstić information content (AvgIpc) is 1.53. The molecule has 0 aliphatic carbocycles. The van der Waals surface area contributed by atoms with E-state index in [1.165, 1.54) is 0 Å². The van der Waals surface area contributed by atoms with Gasteiger partial charge >= 0.3 is 8.88 Å². The van der Waals surface area contributed by atoms with Crippen LogP contribution in [0, 0.1) is 0 Å². The van der Waals surface area contributed by atoms with Crippen molar-refractivity contribution in [1.82, 2.24) is 8.47 Å². The Balaban J connectivity index is 1.12. The Morgan fingerprint density at radius 3 is 1.03 bits per heavy atom. The maximum atomic E-state index is 12.1. The van der Waals surface area contributed by atoms with Crippen molar-refractivity contribution in [3.63, 3.8) is 0 Å². The van der Waals surface area contributed by atoms with Crippen LogP contribution in [0.1, 0.15) is 106 Å². The molecular formula is C73H104N10O22S5Si3. The second-order valence-electron chi connectivity index (χ2n) is 30.4. The molecule has 113 heavy (non-hydrogen) atoms. The zero-order valence-corrected chi connectivity index (χ0v) is 71.5. The molecular weight excluding hydrogens is 1610 g/mol. The van der Waals surface area contributed by atoms with Crippen LogP contribution in [-0.2, 0) is 82.6 Å². The summed E-state index contributed by atoms with van der Waals surface area (Å²) in [5, 5.41) is 2.65. The third-order valence-electron chi connectivity index (χ3n) is 20.6. The molecule has 0 saturated heterocycles. The van der Waals surface area contributed by atoms with Gasteiger partial charge in [0.1, 0.15) is 35.4 Å². The second-order valence-corrected chi connectivity index (χ2v) is 49.8. The van der Waals surface area contributed by atoms with Crippen molar-refractivity contribution in [3.05, 3.63) is 130 Å². The fourth-order valence-electron chi connectivity index (χ4n) is 15.3. The Kier molecular flexibility index (Phi) is 30.7. The van der Waals surface area contributed by atoms with E-state index in [4.69, 9.17) is 57.1 Å². The molecule has 6 bridgehead atoms. The Labute approximate surface area is 664 Å². The largest absolute Gasteiger partial charge is 0.748 e. The molecule has 0 spiro atoms. The van der Waals surface area contributed by atoms with Crippen LogP contribution in [-0.4, -0.2) is 271 Å². The fourth-order valence-corrected chi connectivity index (χ4v) is 30.7. The molecule has 0 fully saturated rings. The predicted octanol–water partition coefficient (Wildman–Crippen LogP) is 7.54. The van der Waals surface area contributed by atoms with Crippen LogP contribution in [0.2, 0.25) is 38.3 Å². The number of carbonyl (C=O) groups is 1. The van der Waals surface area contributed by atoms with Crippen molar-refractivity contribution in [2.24, 2.45) is 30.0 Å². The highest BCUT2D eigenvalue weighted by Gasteiger charge is 2.58. The van der Waals surface area contributed by atoms with Gasteiger partial charge in [0.05, 0.1) is 136 Å². The van der Waals surface area contributed by atoms with Gasteiger partial charge in [0.15, 0.2) is 40.0 Å². The summed E-state index contributed by atoms with van der Waals surface area (Å²) in [6.45, 7) is 13.4. The molecule has 1 unspecified atom stereocenters. The Morgan fingerprint density at radius 1 is 0.381 bits per heavy atom. The summed E-state index contributed by atoms with van der Waals surface area (Å²) in [5.41, 5.74) is 3.61. The summed E-state index contributed by atoms with van der Waals surface area (Å²) in [6, 6.07) is 31.8. The van der Waals surface area contributed by atoms with E-state index >= 15 is 0 Å². The van der Waals surface area contributed by atoms with Gasteiger partial charge in [-0.15, -0.1) is 0 Å². The van der Waals surface area contributed by atoms with Crippen molar-refractivity contribution < 1.29 is 106 Å². The minimum atomic E-state index is -4.98. The number of ether oxygens (including phenoxy) is 4. The van der Waals surface area contributed by atoms with Gasteiger partial charge in [-0.05, 0) is 115 Å². The molecule has 6 heterocycles. The summed E-state index contributed by atoms with van der Waals surface area (Å²) < 4.78 is 220. The van der Waals surface area contributed by atoms with Gasteiger partial charge in [-0.3, -0.25) is 22.1 Å². The van der Waals surface area contributed by atoms with Crippen molar-refractivity contribution in [2.45, 2.75) is 122 Å². The second kappa shape index (κ2) is 38.9. The normalized spacial score (nSPS) is 17.5. The van der Waals surface area contributed by atoms with E-state index in [-0.39, 0.29) is 67.5 Å². The molecule has 6 aromatic rings. The first-order chi connectivity index (χ1) is 53.5. The van der Waals surface area contributed by atoms with Crippen molar-refractivity contribution >= 4 is 139 Å². The maximum Gasteiger partial charge on any atom is 0.582 e. The molecule has 0 radical (unpaired) electrons. The molecule has 10 rings (SSSR count). The maximum absolute atomic E-state index is 12.1. The van der Waals surface area contributed by atoms with Gasteiger partial charge in [0.2, 0.25) is 0 Å². The molecule has 4 aliphatic rings. The minimum absolute atomic E-state index is 0.0490. The van der Waals surface area contributed by atoms with Gasteiger partial charge in [0.25, 0.3) is 30.4 Å². The SMILES string of the molecule is C[Si](C)(CCC[N+](CCCCS(=O)(=O)O)(CCCCS(=O)(=O)O)CCCCS(=O)(=O)O)O[Si]1(O[Si](C)(C)CCC[N+](CCCCS(=O)(=O)[O-])(CCCCS(=O)(=O)[O-])CCOCCOCCOCCOCCC=O)n2c3c4ccccc4c2/N=C2N=C(/N=c4/c5ccccc5/c(n41)=N/C1=NC(=N\3)/c3ccccc31)c1ccccc1\2. The van der Waals surface area contributed by atoms with Gasteiger partial charge in [-0.25, -0.2) is 46.8 Å². The number of quaternary nitrogens is 2. The van der Waals surface area contributed by atoms with Crippen molar-refractivity contribution in [3.8, 4) is 0 Å². The van der Waals surface area contributed by atoms with E-state index in [9.17, 15) is 69.6 Å². The molecule has 620 valence electrons. The summed E-state index contributed by atoms with van der Waals surface area (Å²) >= 11 is 0. The van der Waals surface area contributed by atoms with E-state index in [1.54, 1.807) is 0 Å². The van der Waals surface area contributed by atoms with Crippen LogP contribution in [0.25, 0.3) is 21.5 Å². The van der Waals surface area contributed by atoms with Crippen LogP contribution in [0.3, 0.4) is 0 Å². The molecule has 32 nitrogen and oxygen atoms in total. The summed E-state index contributed by atoms with van der Waals surface area (Å²) in [7, 11) is -34.3. The monoisotopic (exact) mass is 1720 g/mol. The summed E-state index contributed by atoms with van der Waals surface area (Å²) in [4.78, 5) is 43.9. The van der Waals surface area contributed by atoms with Crippen molar-refractivity contribution in [2.75, 3.05) is 134 Å². The van der Waals surface area contributed by atoms with Gasteiger partial charge in [-0.2, -0.15) is 25.3 Å². The van der Waals surface area contributed by atoms with Crippen LogP contribution >= 0.6 is 0 Å². The van der Waals surface area contributed by atoms with Crippen molar-refractivity contribution in [1.29, 1.82) is 0 Å². The van der Waals surface area contributed by atoms with E-state index in [2.05, 4.69) is 26.2 Å². The third-order valence-corrected chi connectivity index (χ3v) is 36.2. The van der Waals surface area contributed by atoms with Crippen LogP contribution < -0.4 is 11.0 Å². The number of amidine groups is 4. The molecule has 1 atom stereocenters. The lowest BCUT2D eigenvalue weighted by atomic mass is 10.1. The molecule has 3 N–H and O–H groups in total. The predicted molar refractivity (Wildman–Crippen MR) is 435 cm³/mol. The number of carbonyl (C=O) groups excluding carboxylic acids is 1. The number of aldehydes is 1. The summed E-state index contributed by atoms with van der Waals surface area (Å²) in [6.07, 6.45) is 3.74. The molecule has 4 aromatic carbocycles. The Morgan fingerprint density at radius 2 is 0.681 bits per heavy atom. The minimum Gasteiger partial charge on any atom is -0.748 e. The zero-order valence-electron chi connectivity index (χ0n) is 64.4. The highest BCUT2D eigenvalue weighted by atomic mass is 32.2. The molecule has 0 amide bonds. The molecule has 2 aromatic heterocycles. The smallest absolute Gasteiger partial charge is 0.582 e. The standard InChI is InChI=1S/C73H104N10O22S5Si3/c1-111(2,56-23-39-82(34-13-18-51-106(85,86)87,35-14-19-52-107(88,89)90)36-15-20-53-108(91,92)93)104-113(105-112(3,4)57-24-40-83(37-16-21-54-109(94,95)96,38-17-22-55-110(97,98)99)41-44-101-46-48-103-50-49-102-47-45-100-43-25-42-84)80-70-62-30-9-10-31-63(62)72(80)78-68-60-28-7-8-29-61(60)69(75-68)79-73-65-33-12-11-32-64(65)71(81(73)113)77-67-59-27-6-5-26-58(59)66(74-67)76-70/h5-12,26-33,42H,13-25,34-41,43-57H2,1-4H3,(H3-2,85,86,87,88,89,90,91,92,93,94,95,96,97,98,99)/b76-66-,76-70?,77-67?,77-71-,78-68-,78-72?,79-69?,79-73-. The number of rotatable bonds is 52. The Hall–Kier alpha value is -6.21. The zero-order chi connectivity index (χ0) is 81.4. The molecule has 40 heteroatoms. The molecule has 0 saturated carbocycles. The number of fused-ring (bicyclic) bond motifs is 14. The fraction of sp³-hybridized carbons (Fsp3) is 0.548. The molecule has 4 aliphatic heterocycles. The number of hydrogen-bond donors (Lipinski definition) is 3. The third kappa shape index (κ3) is 25.4. The topological polar surface area (TPSA) is 434 Å². The van der Waals surface area contributed by atoms with E-state index in [1.807, 2.05) is 106 Å². The quantitative estimate of drug-likeness (QED) is 0.0109. The lowest BCUT2D eigenvalue weighted by molar-refractivity contribution is -0.929. The van der Waals surface area contributed by atoms with E-state index < -0.39 is 105 Å². The average molecular weight is 1720 g/mol. The number of aromatic nitrogens is 2. The van der Waals surface area contributed by atoms with Crippen LogP contribution in [0.4, 0.5) is 11.6 Å². The lowest BCUT2D eigenvalue weighted by Crippen LogP contribution is -2.70. The first kappa shape index (κ1) is 89.1. The van der Waals surface area contributed by atoms with Gasteiger partial charge in [-0.1, -0.05) is 97.1 Å². The summed E-state index contributed by atoms with van der Waals surface area (Å²) in [5.74, 6) is -0.561. The lowest BCUT2D eigenvalue weighted by Gasteiger charge is -2.44. The Bertz CT molecular complexity index is 4940. The highest BCUT2D eigenvalue weighted by Crippen LogP contribution is 2.46. The van der Waals surface area contributed by atoms with Crippen LogP contribution in [0.5, 0.6) is 0 Å².